The molecule has 2 heterocycles. The van der Waals surface area contributed by atoms with E-state index < -0.39 is 94.5 Å². The smallest absolute Gasteiger partial charge is 0.347 e. The topological polar surface area (TPSA) is 190 Å². The molecule has 2 fully saturated rings. The molecule has 0 aliphatic carbocycles. The van der Waals surface area contributed by atoms with Crippen molar-refractivity contribution in [3.8, 4) is 0 Å². The van der Waals surface area contributed by atoms with E-state index in [9.17, 15) is 34.2 Å². The molecule has 0 unspecified atom stereocenters. The second kappa shape index (κ2) is 19.5. The quantitative estimate of drug-likeness (QED) is 0.0732. The number of carbonyl (C=O) groups is 5. The van der Waals surface area contributed by atoms with Gasteiger partial charge in [-0.1, -0.05) is 77.1 Å². The van der Waals surface area contributed by atoms with Gasteiger partial charge in [0.2, 0.25) is 17.5 Å². The first kappa shape index (κ1) is 51.2. The van der Waals surface area contributed by atoms with Crippen molar-refractivity contribution in [1.29, 1.82) is 0 Å². The number of esters is 5. The fraction of sp³-hybridized carbons (Fsp3) is 0.681. The monoisotopic (exact) mass is 858 g/mol. The summed E-state index contributed by atoms with van der Waals surface area (Å²) in [5, 5.41) is 25.5. The first-order valence-electron chi connectivity index (χ1n) is 21.2. The number of carbonyl (C=O) groups excluding carboxylic acids is 5. The van der Waals surface area contributed by atoms with Crippen LogP contribution < -0.4 is 0 Å². The normalized spacial score (nSPS) is 27.3. The molecule has 1 aromatic carbocycles. The molecule has 2 saturated heterocycles. The lowest BCUT2D eigenvalue weighted by Crippen LogP contribution is -2.79. The van der Waals surface area contributed by atoms with Crippen molar-refractivity contribution < 1.29 is 67.3 Å². The molecule has 14 heteroatoms. The van der Waals surface area contributed by atoms with Crippen LogP contribution in [0.5, 0.6) is 0 Å². The summed E-state index contributed by atoms with van der Waals surface area (Å²) in [6, 6.07) is 9.53. The summed E-state index contributed by atoms with van der Waals surface area (Å²) in [4.78, 5) is 70.2. The SMILES string of the molecule is C=C(CC[C@]12O[C@H](C(=O)OC(C)(C)C)[C@@](O)(C(=O)OC(C)(C)C)[C@](C(=O)OC(C)(C)C)(O1)[C@H](OC(=O)/C=C/[C@@H](C)C[C@@H](C)CC)[C@H]2O)[C@@H](OC(C)=O)[C@H](C)Cc1ccccc1. The lowest BCUT2D eigenvalue weighted by Gasteiger charge is -2.51. The van der Waals surface area contributed by atoms with Gasteiger partial charge in [0.05, 0.1) is 0 Å². The molecule has 0 spiro atoms. The molecule has 2 N–H and O–H groups in total. The van der Waals surface area contributed by atoms with E-state index in [4.69, 9.17) is 33.2 Å². The maximum absolute atomic E-state index is 14.9. The molecule has 0 amide bonds. The van der Waals surface area contributed by atoms with Gasteiger partial charge in [0, 0.05) is 25.3 Å². The van der Waals surface area contributed by atoms with Crippen molar-refractivity contribution in [3.05, 3.63) is 60.2 Å². The number of rotatable bonds is 17. The number of hydrogen-bond acceptors (Lipinski definition) is 14. The predicted molar refractivity (Wildman–Crippen MR) is 225 cm³/mol. The molecule has 61 heavy (non-hydrogen) atoms. The van der Waals surface area contributed by atoms with Crippen molar-refractivity contribution in [2.24, 2.45) is 17.8 Å². The third-order valence-corrected chi connectivity index (χ3v) is 10.5. The third kappa shape index (κ3) is 12.5. The summed E-state index contributed by atoms with van der Waals surface area (Å²) in [5.74, 6) is -8.58. The second-order valence-corrected chi connectivity index (χ2v) is 19.7. The Balaban J connectivity index is 2.31. The van der Waals surface area contributed by atoms with E-state index in [2.05, 4.69) is 20.4 Å². The molecule has 0 saturated carbocycles. The highest BCUT2D eigenvalue weighted by molar-refractivity contribution is 6.00. The molecular weight excluding hydrogens is 789 g/mol. The van der Waals surface area contributed by atoms with Crippen LogP contribution >= 0.6 is 0 Å². The Morgan fingerprint density at radius 3 is 1.97 bits per heavy atom. The summed E-state index contributed by atoms with van der Waals surface area (Å²) >= 11 is 0. The highest BCUT2D eigenvalue weighted by atomic mass is 16.8. The number of benzene rings is 1. The van der Waals surface area contributed by atoms with Crippen molar-refractivity contribution in [3.63, 3.8) is 0 Å². The van der Waals surface area contributed by atoms with Gasteiger partial charge in [-0.15, -0.1) is 0 Å². The van der Waals surface area contributed by atoms with Crippen molar-refractivity contribution in [1.82, 2.24) is 0 Å². The van der Waals surface area contributed by atoms with Gasteiger partial charge in [0.15, 0.2) is 6.10 Å². The van der Waals surface area contributed by atoms with Gasteiger partial charge >= 0.3 is 29.8 Å². The fourth-order valence-corrected chi connectivity index (χ4v) is 7.61. The molecule has 2 aliphatic rings. The van der Waals surface area contributed by atoms with E-state index in [0.29, 0.717) is 17.9 Å². The molecule has 342 valence electrons. The highest BCUT2D eigenvalue weighted by Gasteiger charge is 2.87. The van der Waals surface area contributed by atoms with Crippen LogP contribution in [-0.2, 0) is 63.6 Å². The average Bonchev–Trinajstić information content (AvgIpc) is 3.33. The van der Waals surface area contributed by atoms with Gasteiger partial charge in [-0.3, -0.25) is 4.79 Å². The van der Waals surface area contributed by atoms with Gasteiger partial charge in [0.25, 0.3) is 5.60 Å². The molecule has 10 atom stereocenters. The van der Waals surface area contributed by atoms with Crippen molar-refractivity contribution in [2.75, 3.05) is 0 Å². The van der Waals surface area contributed by atoms with Gasteiger partial charge in [-0.25, -0.2) is 19.2 Å². The Kier molecular flexibility index (Phi) is 16.4. The van der Waals surface area contributed by atoms with Crippen LogP contribution in [0.1, 0.15) is 128 Å². The van der Waals surface area contributed by atoms with Gasteiger partial charge in [0.1, 0.15) is 29.0 Å². The number of ether oxygens (including phenoxy) is 7. The van der Waals surface area contributed by atoms with Crippen molar-refractivity contribution >= 4 is 29.8 Å². The lowest BCUT2D eigenvalue weighted by atomic mass is 9.74. The van der Waals surface area contributed by atoms with E-state index in [1.165, 1.54) is 69.2 Å². The van der Waals surface area contributed by atoms with E-state index in [-0.39, 0.29) is 18.3 Å². The first-order valence-corrected chi connectivity index (χ1v) is 21.2. The lowest BCUT2D eigenvalue weighted by molar-refractivity contribution is -0.378. The van der Waals surface area contributed by atoms with E-state index >= 15 is 0 Å². The summed E-state index contributed by atoms with van der Waals surface area (Å²) in [6.45, 7) is 27.0. The van der Waals surface area contributed by atoms with Crippen LogP contribution in [0.15, 0.2) is 54.6 Å². The summed E-state index contributed by atoms with van der Waals surface area (Å²) in [7, 11) is 0. The average molecular weight is 859 g/mol. The number of aliphatic hydroxyl groups excluding tert-OH is 1. The van der Waals surface area contributed by atoms with Crippen LogP contribution in [0.4, 0.5) is 0 Å². The standard InChI is InChI=1S/C47H70O14/c1-16-28(2)26-29(3)22-23-34(49)56-37-36(50)45(25-24-30(4)35(55-32(6)48)31(5)27-33-20-18-17-19-21-33)57-38(39(51)58-42(7,8)9)46(54,40(52)59-43(10,11)12)47(37,61-45)41(53)60-44(13,14)15/h17-23,28-29,31,35-38,50,54H,4,16,24-27H2,1-3,5-15H3/b23-22+/t28-,29+,31+,35+,36+,37+,38+,45-,46+,47-/m0/s1. The minimum Gasteiger partial charge on any atom is -0.458 e. The van der Waals surface area contributed by atoms with Crippen LogP contribution in [0.2, 0.25) is 0 Å². The summed E-state index contributed by atoms with van der Waals surface area (Å²) in [6.07, 6.45) is -3.46. The predicted octanol–water partition coefficient (Wildman–Crippen LogP) is 6.65. The molecule has 1 aromatic rings. The maximum atomic E-state index is 14.9. The molecule has 2 aliphatic heterocycles. The number of allylic oxidation sites excluding steroid dienone is 1. The summed E-state index contributed by atoms with van der Waals surface area (Å²) in [5.41, 5.74) is -9.33. The van der Waals surface area contributed by atoms with E-state index in [1.807, 2.05) is 44.2 Å². The minimum absolute atomic E-state index is 0.0864. The fourth-order valence-electron chi connectivity index (χ4n) is 7.61. The largest absolute Gasteiger partial charge is 0.458 e. The molecule has 0 aromatic heterocycles. The highest BCUT2D eigenvalue weighted by Crippen LogP contribution is 2.57. The molecule has 3 rings (SSSR count). The van der Waals surface area contributed by atoms with Gasteiger partial charge in [-0.05, 0) is 105 Å². The van der Waals surface area contributed by atoms with E-state index in [1.54, 1.807) is 6.08 Å². The van der Waals surface area contributed by atoms with Gasteiger partial charge in [-0.2, -0.15) is 0 Å². The van der Waals surface area contributed by atoms with Crippen LogP contribution in [-0.4, -0.2) is 98.3 Å². The molecule has 2 bridgehead atoms. The molecule has 14 nitrogen and oxygen atoms in total. The minimum atomic E-state index is -3.52. The Labute approximate surface area is 361 Å². The third-order valence-electron chi connectivity index (χ3n) is 10.5. The van der Waals surface area contributed by atoms with Gasteiger partial charge < -0.3 is 43.4 Å². The zero-order chi connectivity index (χ0) is 46.5. The molecular formula is C47H70O14. The van der Waals surface area contributed by atoms with Crippen LogP contribution in [0.3, 0.4) is 0 Å². The summed E-state index contributed by atoms with van der Waals surface area (Å²) < 4.78 is 41.6. The number of hydrogen-bond donors (Lipinski definition) is 2. The van der Waals surface area contributed by atoms with Crippen molar-refractivity contribution in [2.45, 2.75) is 187 Å². The zero-order valence-electron chi connectivity index (χ0n) is 38.6. The Hall–Kier alpha value is -4.11. The number of aliphatic hydroxyl groups is 2. The first-order chi connectivity index (χ1) is 27.9. The van der Waals surface area contributed by atoms with E-state index in [0.717, 1.165) is 24.5 Å². The maximum Gasteiger partial charge on any atom is 0.347 e. The van der Waals surface area contributed by atoms with Crippen LogP contribution in [0, 0.1) is 17.8 Å². The zero-order valence-corrected chi connectivity index (χ0v) is 38.6. The number of fused-ring (bicyclic) bond motifs is 2. The van der Waals surface area contributed by atoms with Crippen LogP contribution in [0.25, 0.3) is 0 Å². The molecule has 0 radical (unpaired) electrons. The Morgan fingerprint density at radius 2 is 1.44 bits per heavy atom. The Bertz CT molecular complexity index is 1770. The Morgan fingerprint density at radius 1 is 0.885 bits per heavy atom. The second-order valence-electron chi connectivity index (χ2n) is 19.7.